The molecular formula is C12H16ClNO2. The van der Waals surface area contributed by atoms with Crippen molar-refractivity contribution in [3.05, 3.63) is 35.4 Å². The summed E-state index contributed by atoms with van der Waals surface area (Å²) in [6, 6.07) is 3.59. The second-order valence-corrected chi connectivity index (χ2v) is 3.78. The van der Waals surface area contributed by atoms with E-state index in [1.54, 1.807) is 19.3 Å². The molecule has 0 aliphatic heterocycles. The summed E-state index contributed by atoms with van der Waals surface area (Å²) in [6.07, 6.45) is 1.56. The normalized spacial score (nSPS) is 12.0. The summed E-state index contributed by atoms with van der Waals surface area (Å²) >= 11 is 6.10. The van der Waals surface area contributed by atoms with Gasteiger partial charge in [-0.15, -0.1) is 0 Å². The Hall–Kier alpha value is -1.19. The molecule has 1 aromatic carbocycles. The molecule has 2 N–H and O–H groups in total. The fraction of sp³-hybridized carbons (Fsp3) is 0.333. The molecule has 4 heteroatoms. The molecule has 0 aliphatic carbocycles. The average molecular weight is 242 g/mol. The first-order valence-electron chi connectivity index (χ1n) is 4.98. The number of ether oxygens (including phenoxy) is 2. The van der Waals surface area contributed by atoms with Crippen molar-refractivity contribution in [2.24, 2.45) is 5.73 Å². The van der Waals surface area contributed by atoms with Crippen LogP contribution in [0.2, 0.25) is 5.02 Å². The zero-order valence-electron chi connectivity index (χ0n) is 9.50. The molecule has 0 amide bonds. The van der Waals surface area contributed by atoms with E-state index >= 15 is 0 Å². The highest BCUT2D eigenvalue weighted by atomic mass is 35.5. The molecule has 0 fully saturated rings. The van der Waals surface area contributed by atoms with Crippen LogP contribution in [0.25, 0.3) is 0 Å². The highest BCUT2D eigenvalue weighted by molar-refractivity contribution is 6.32. The third-order valence-electron chi connectivity index (χ3n) is 2.16. The van der Waals surface area contributed by atoms with E-state index < -0.39 is 0 Å². The summed E-state index contributed by atoms with van der Waals surface area (Å²) in [5.74, 6) is 1.11. The Morgan fingerprint density at radius 1 is 1.56 bits per heavy atom. The number of hydrogen-bond acceptors (Lipinski definition) is 3. The number of halogens is 1. The van der Waals surface area contributed by atoms with Crippen molar-refractivity contribution in [1.29, 1.82) is 0 Å². The maximum Gasteiger partial charge on any atom is 0.180 e. The lowest BCUT2D eigenvalue weighted by Gasteiger charge is -2.16. The number of hydrogen-bond donors (Lipinski definition) is 1. The van der Waals surface area contributed by atoms with Crippen molar-refractivity contribution >= 4 is 11.6 Å². The van der Waals surface area contributed by atoms with E-state index in [9.17, 15) is 0 Å². The van der Waals surface area contributed by atoms with Gasteiger partial charge in [0, 0.05) is 6.54 Å². The Balaban J connectivity index is 3.10. The highest BCUT2D eigenvalue weighted by Gasteiger charge is 2.13. The zero-order valence-corrected chi connectivity index (χ0v) is 10.3. The third kappa shape index (κ3) is 2.90. The molecule has 0 bridgehead atoms. The Labute approximate surface area is 101 Å². The van der Waals surface area contributed by atoms with Crippen molar-refractivity contribution in [2.45, 2.75) is 19.6 Å². The average Bonchev–Trinajstić information content (AvgIpc) is 2.30. The molecule has 88 valence electrons. The lowest BCUT2D eigenvalue weighted by molar-refractivity contribution is 0.254. The van der Waals surface area contributed by atoms with Gasteiger partial charge in [0.15, 0.2) is 11.5 Å². The van der Waals surface area contributed by atoms with Gasteiger partial charge in [-0.25, -0.2) is 0 Å². The van der Waals surface area contributed by atoms with Crippen molar-refractivity contribution in [2.75, 3.05) is 7.11 Å². The second-order valence-electron chi connectivity index (χ2n) is 3.37. The SMILES string of the molecule is C=CC(C)Oc1c(Cl)cc(CN)cc1OC. The predicted octanol–water partition coefficient (Wildman–Crippen LogP) is 2.76. The van der Waals surface area contributed by atoms with Crippen LogP contribution < -0.4 is 15.2 Å². The summed E-state index contributed by atoms with van der Waals surface area (Å²) in [4.78, 5) is 0. The van der Waals surface area contributed by atoms with Crippen LogP contribution in [0.4, 0.5) is 0 Å². The molecule has 0 spiro atoms. The maximum absolute atomic E-state index is 6.10. The van der Waals surface area contributed by atoms with E-state index in [4.69, 9.17) is 26.8 Å². The largest absolute Gasteiger partial charge is 0.493 e. The van der Waals surface area contributed by atoms with E-state index in [0.717, 1.165) is 5.56 Å². The lowest BCUT2D eigenvalue weighted by atomic mass is 10.2. The minimum atomic E-state index is -0.130. The van der Waals surface area contributed by atoms with Crippen molar-refractivity contribution in [3.63, 3.8) is 0 Å². The Morgan fingerprint density at radius 3 is 2.75 bits per heavy atom. The quantitative estimate of drug-likeness (QED) is 0.807. The Kier molecular flexibility index (Phi) is 4.65. The van der Waals surface area contributed by atoms with Gasteiger partial charge < -0.3 is 15.2 Å². The molecule has 0 heterocycles. The topological polar surface area (TPSA) is 44.5 Å². The molecule has 1 unspecified atom stereocenters. The minimum absolute atomic E-state index is 0.130. The molecule has 1 atom stereocenters. The molecule has 16 heavy (non-hydrogen) atoms. The van der Waals surface area contributed by atoms with Gasteiger partial charge in [-0.3, -0.25) is 0 Å². The van der Waals surface area contributed by atoms with Crippen molar-refractivity contribution in [1.82, 2.24) is 0 Å². The van der Waals surface area contributed by atoms with Gasteiger partial charge in [-0.1, -0.05) is 24.3 Å². The van der Waals surface area contributed by atoms with Gasteiger partial charge in [0.05, 0.1) is 12.1 Å². The standard InChI is InChI=1S/C12H16ClNO2/c1-4-8(2)16-12-10(13)5-9(7-14)6-11(12)15-3/h4-6,8H,1,7,14H2,2-3H3. The van der Waals surface area contributed by atoms with Crippen molar-refractivity contribution < 1.29 is 9.47 Å². The van der Waals surface area contributed by atoms with Gasteiger partial charge in [0.2, 0.25) is 0 Å². The number of nitrogens with two attached hydrogens (primary N) is 1. The summed E-state index contributed by atoms with van der Waals surface area (Å²) in [7, 11) is 1.57. The molecule has 0 aliphatic rings. The van der Waals surface area contributed by atoms with E-state index in [-0.39, 0.29) is 6.10 Å². The Bertz CT molecular complexity index is 380. The summed E-state index contributed by atoms with van der Waals surface area (Å²) in [5, 5.41) is 0.494. The van der Waals surface area contributed by atoms with Crippen LogP contribution in [0, 0.1) is 0 Å². The maximum atomic E-state index is 6.10. The lowest BCUT2D eigenvalue weighted by Crippen LogP contribution is -2.09. The second kappa shape index (κ2) is 5.77. The number of benzene rings is 1. The van der Waals surface area contributed by atoms with Crippen LogP contribution in [0.5, 0.6) is 11.5 Å². The Morgan fingerprint density at radius 2 is 2.25 bits per heavy atom. The monoisotopic (exact) mass is 241 g/mol. The van der Waals surface area contributed by atoms with Crippen LogP contribution in [-0.2, 0) is 6.54 Å². The molecule has 3 nitrogen and oxygen atoms in total. The van der Waals surface area contributed by atoms with Gasteiger partial charge in [0.25, 0.3) is 0 Å². The first-order valence-corrected chi connectivity index (χ1v) is 5.35. The smallest absolute Gasteiger partial charge is 0.180 e. The van der Waals surface area contributed by atoms with Crippen LogP contribution >= 0.6 is 11.6 Å². The van der Waals surface area contributed by atoms with E-state index in [1.165, 1.54) is 0 Å². The molecule has 0 saturated heterocycles. The van der Waals surface area contributed by atoms with E-state index in [2.05, 4.69) is 6.58 Å². The first kappa shape index (κ1) is 12.9. The van der Waals surface area contributed by atoms with E-state index in [1.807, 2.05) is 13.0 Å². The zero-order chi connectivity index (χ0) is 12.1. The predicted molar refractivity (Wildman–Crippen MR) is 66.2 cm³/mol. The van der Waals surface area contributed by atoms with Crippen LogP contribution in [0.3, 0.4) is 0 Å². The fourth-order valence-electron chi connectivity index (χ4n) is 1.24. The summed E-state index contributed by atoms with van der Waals surface area (Å²) in [5.41, 5.74) is 6.45. The fourth-order valence-corrected chi connectivity index (χ4v) is 1.52. The van der Waals surface area contributed by atoms with Gasteiger partial charge in [-0.05, 0) is 24.6 Å². The highest BCUT2D eigenvalue weighted by Crippen LogP contribution is 2.37. The van der Waals surface area contributed by atoms with Crippen LogP contribution in [0.1, 0.15) is 12.5 Å². The van der Waals surface area contributed by atoms with Crippen LogP contribution in [0.15, 0.2) is 24.8 Å². The van der Waals surface area contributed by atoms with E-state index in [0.29, 0.717) is 23.1 Å². The first-order chi connectivity index (χ1) is 7.62. The number of rotatable bonds is 5. The van der Waals surface area contributed by atoms with Crippen molar-refractivity contribution in [3.8, 4) is 11.5 Å². The molecular weight excluding hydrogens is 226 g/mol. The van der Waals surface area contributed by atoms with Gasteiger partial charge in [-0.2, -0.15) is 0 Å². The minimum Gasteiger partial charge on any atom is -0.493 e. The van der Waals surface area contributed by atoms with Gasteiger partial charge >= 0.3 is 0 Å². The molecule has 0 aromatic heterocycles. The summed E-state index contributed by atoms with van der Waals surface area (Å²) in [6.45, 7) is 5.93. The summed E-state index contributed by atoms with van der Waals surface area (Å²) < 4.78 is 10.8. The van der Waals surface area contributed by atoms with Gasteiger partial charge in [0.1, 0.15) is 6.10 Å². The molecule has 0 saturated carbocycles. The molecule has 1 aromatic rings. The number of methoxy groups -OCH3 is 1. The van der Waals surface area contributed by atoms with Crippen LogP contribution in [-0.4, -0.2) is 13.2 Å². The molecule has 0 radical (unpaired) electrons. The molecule has 1 rings (SSSR count). The third-order valence-corrected chi connectivity index (χ3v) is 2.44.